The Labute approximate surface area is 122 Å². The van der Waals surface area contributed by atoms with Gasteiger partial charge in [-0.2, -0.15) is 0 Å². The van der Waals surface area contributed by atoms with E-state index < -0.39 is 10.0 Å². The van der Waals surface area contributed by atoms with Crippen molar-refractivity contribution in [2.24, 2.45) is 5.92 Å². The van der Waals surface area contributed by atoms with E-state index >= 15 is 0 Å². The lowest BCUT2D eigenvalue weighted by molar-refractivity contribution is 0.402. The van der Waals surface area contributed by atoms with Gasteiger partial charge in [-0.1, -0.05) is 31.2 Å². The molecule has 1 aliphatic rings. The molecule has 1 aromatic rings. The Kier molecular flexibility index (Phi) is 5.57. The van der Waals surface area contributed by atoms with E-state index in [2.05, 4.69) is 23.0 Å². The lowest BCUT2D eigenvalue weighted by Crippen LogP contribution is -2.37. The van der Waals surface area contributed by atoms with Crippen LogP contribution in [0.25, 0.3) is 0 Å². The van der Waals surface area contributed by atoms with Gasteiger partial charge in [0.25, 0.3) is 0 Å². The zero-order valence-electron chi connectivity index (χ0n) is 12.1. The lowest BCUT2D eigenvalue weighted by Gasteiger charge is -2.22. The van der Waals surface area contributed by atoms with Crippen LogP contribution in [-0.2, 0) is 23.0 Å². The molecule has 1 aliphatic heterocycles. The van der Waals surface area contributed by atoms with Crippen molar-refractivity contribution in [2.75, 3.05) is 18.8 Å². The Morgan fingerprint density at radius 3 is 2.70 bits per heavy atom. The van der Waals surface area contributed by atoms with Crippen LogP contribution in [0.2, 0.25) is 0 Å². The lowest BCUT2D eigenvalue weighted by atomic mass is 10.0. The molecule has 1 heterocycles. The highest BCUT2D eigenvalue weighted by Gasteiger charge is 2.20. The van der Waals surface area contributed by atoms with Crippen molar-refractivity contribution in [2.45, 2.75) is 32.7 Å². The fourth-order valence-electron chi connectivity index (χ4n) is 2.70. The van der Waals surface area contributed by atoms with Crippen LogP contribution in [0.4, 0.5) is 0 Å². The van der Waals surface area contributed by atoms with E-state index in [1.165, 1.54) is 5.56 Å². The van der Waals surface area contributed by atoms with E-state index in [1.807, 2.05) is 18.2 Å². The molecular formula is C15H24N2O2S. The van der Waals surface area contributed by atoms with E-state index in [9.17, 15) is 8.42 Å². The summed E-state index contributed by atoms with van der Waals surface area (Å²) in [6.07, 6.45) is 2.99. The van der Waals surface area contributed by atoms with Gasteiger partial charge in [0.2, 0.25) is 10.0 Å². The predicted molar refractivity (Wildman–Crippen MR) is 82.0 cm³/mol. The minimum absolute atomic E-state index is 0.230. The van der Waals surface area contributed by atoms with Gasteiger partial charge in [-0.3, -0.25) is 0 Å². The molecule has 4 nitrogen and oxygen atoms in total. The van der Waals surface area contributed by atoms with Crippen LogP contribution in [0, 0.1) is 5.92 Å². The molecule has 1 saturated heterocycles. The van der Waals surface area contributed by atoms with Crippen molar-refractivity contribution >= 4 is 10.0 Å². The molecule has 2 N–H and O–H groups in total. The number of nitrogens with one attached hydrogen (secondary N) is 2. The molecule has 0 bridgehead atoms. The van der Waals surface area contributed by atoms with Crippen LogP contribution in [0.15, 0.2) is 24.3 Å². The van der Waals surface area contributed by atoms with Gasteiger partial charge < -0.3 is 5.32 Å². The SMILES string of the molecule is CCc1ccccc1CNS(=O)(=O)CC1CCCNC1. The highest BCUT2D eigenvalue weighted by Crippen LogP contribution is 2.13. The molecule has 1 unspecified atom stereocenters. The molecule has 1 fully saturated rings. The molecule has 112 valence electrons. The summed E-state index contributed by atoms with van der Waals surface area (Å²) < 4.78 is 27.0. The highest BCUT2D eigenvalue weighted by molar-refractivity contribution is 7.89. The quantitative estimate of drug-likeness (QED) is 0.839. The maximum atomic E-state index is 12.1. The van der Waals surface area contributed by atoms with Crippen LogP contribution in [0.5, 0.6) is 0 Å². The van der Waals surface area contributed by atoms with E-state index in [0.717, 1.165) is 37.9 Å². The molecule has 5 heteroatoms. The summed E-state index contributed by atoms with van der Waals surface area (Å²) in [5.74, 6) is 0.469. The van der Waals surface area contributed by atoms with Gasteiger partial charge in [0.1, 0.15) is 0 Å². The minimum Gasteiger partial charge on any atom is -0.316 e. The summed E-state index contributed by atoms with van der Waals surface area (Å²) in [6.45, 7) is 4.30. The maximum absolute atomic E-state index is 12.1. The van der Waals surface area contributed by atoms with E-state index in [1.54, 1.807) is 0 Å². The third-order valence-corrected chi connectivity index (χ3v) is 5.33. The molecule has 0 aliphatic carbocycles. The number of hydrogen-bond acceptors (Lipinski definition) is 3. The van der Waals surface area contributed by atoms with Crippen molar-refractivity contribution in [1.29, 1.82) is 0 Å². The first kappa shape index (κ1) is 15.5. The zero-order valence-corrected chi connectivity index (χ0v) is 12.9. The Morgan fingerprint density at radius 1 is 1.30 bits per heavy atom. The van der Waals surface area contributed by atoms with Crippen LogP contribution >= 0.6 is 0 Å². The third-order valence-electron chi connectivity index (χ3n) is 3.84. The Hall–Kier alpha value is -0.910. The van der Waals surface area contributed by atoms with Crippen molar-refractivity contribution in [3.05, 3.63) is 35.4 Å². The molecule has 0 spiro atoms. The molecule has 0 saturated carbocycles. The van der Waals surface area contributed by atoms with Crippen molar-refractivity contribution in [3.63, 3.8) is 0 Å². The average Bonchev–Trinajstić information content (AvgIpc) is 2.46. The molecule has 20 heavy (non-hydrogen) atoms. The summed E-state index contributed by atoms with van der Waals surface area (Å²) >= 11 is 0. The normalized spacial score (nSPS) is 19.9. The minimum atomic E-state index is -3.19. The first-order chi connectivity index (χ1) is 9.61. The van der Waals surface area contributed by atoms with Gasteiger partial charge in [-0.15, -0.1) is 0 Å². The number of hydrogen-bond donors (Lipinski definition) is 2. The number of sulfonamides is 1. The second-order valence-electron chi connectivity index (χ2n) is 5.44. The van der Waals surface area contributed by atoms with E-state index in [-0.39, 0.29) is 11.7 Å². The maximum Gasteiger partial charge on any atom is 0.212 e. The summed E-state index contributed by atoms with van der Waals surface area (Å²) in [6, 6.07) is 7.98. The average molecular weight is 296 g/mol. The van der Waals surface area contributed by atoms with Crippen molar-refractivity contribution in [3.8, 4) is 0 Å². The van der Waals surface area contributed by atoms with Crippen LogP contribution < -0.4 is 10.0 Å². The van der Waals surface area contributed by atoms with E-state index in [4.69, 9.17) is 0 Å². The standard InChI is InChI=1S/C15H24N2O2S/c1-2-14-7-3-4-8-15(14)11-17-20(18,19)12-13-6-5-9-16-10-13/h3-4,7-8,13,16-17H,2,5-6,9-12H2,1H3. The van der Waals surface area contributed by atoms with E-state index in [0.29, 0.717) is 6.54 Å². The summed E-state index contributed by atoms with van der Waals surface area (Å²) in [5.41, 5.74) is 2.27. The number of piperidine rings is 1. The van der Waals surface area contributed by atoms with Crippen molar-refractivity contribution in [1.82, 2.24) is 10.0 Å². The van der Waals surface area contributed by atoms with Crippen LogP contribution in [-0.4, -0.2) is 27.3 Å². The molecule has 0 aromatic heterocycles. The molecule has 1 atom stereocenters. The Balaban J connectivity index is 1.91. The fraction of sp³-hybridized carbons (Fsp3) is 0.600. The topological polar surface area (TPSA) is 58.2 Å². The zero-order chi connectivity index (χ0) is 14.4. The molecule has 2 rings (SSSR count). The number of benzene rings is 1. The largest absolute Gasteiger partial charge is 0.316 e. The molecule has 1 aromatic carbocycles. The predicted octanol–water partition coefficient (Wildman–Crippen LogP) is 1.67. The smallest absolute Gasteiger partial charge is 0.212 e. The summed E-state index contributed by atoms with van der Waals surface area (Å²) in [7, 11) is -3.19. The Morgan fingerprint density at radius 2 is 2.05 bits per heavy atom. The van der Waals surface area contributed by atoms with Gasteiger partial charge >= 0.3 is 0 Å². The van der Waals surface area contributed by atoms with Gasteiger partial charge in [-0.25, -0.2) is 13.1 Å². The Bertz CT molecular complexity index is 522. The first-order valence-corrected chi connectivity index (χ1v) is 9.01. The van der Waals surface area contributed by atoms with Gasteiger partial charge in [0, 0.05) is 6.54 Å². The number of rotatable bonds is 6. The molecule has 0 radical (unpaired) electrons. The van der Waals surface area contributed by atoms with Gasteiger partial charge in [0.15, 0.2) is 0 Å². The summed E-state index contributed by atoms with van der Waals surface area (Å²) in [4.78, 5) is 0. The van der Waals surface area contributed by atoms with Gasteiger partial charge in [0.05, 0.1) is 5.75 Å². The second-order valence-corrected chi connectivity index (χ2v) is 7.29. The van der Waals surface area contributed by atoms with Crippen LogP contribution in [0.1, 0.15) is 30.9 Å². The first-order valence-electron chi connectivity index (χ1n) is 7.35. The molecule has 0 amide bonds. The number of aryl methyl sites for hydroxylation is 1. The highest BCUT2D eigenvalue weighted by atomic mass is 32.2. The third kappa shape index (κ3) is 4.58. The monoisotopic (exact) mass is 296 g/mol. The summed E-state index contributed by atoms with van der Waals surface area (Å²) in [5, 5.41) is 3.26. The van der Waals surface area contributed by atoms with Crippen LogP contribution in [0.3, 0.4) is 0 Å². The fourth-order valence-corrected chi connectivity index (χ4v) is 4.10. The molecular weight excluding hydrogens is 272 g/mol. The van der Waals surface area contributed by atoms with Gasteiger partial charge in [-0.05, 0) is 49.4 Å². The second kappa shape index (κ2) is 7.20. The van der Waals surface area contributed by atoms with Crippen molar-refractivity contribution < 1.29 is 8.42 Å².